The first kappa shape index (κ1) is 11.7. The van der Waals surface area contributed by atoms with E-state index >= 15 is 0 Å². The highest BCUT2D eigenvalue weighted by Crippen LogP contribution is 2.15. The van der Waals surface area contributed by atoms with Gasteiger partial charge in [0.2, 0.25) is 0 Å². The summed E-state index contributed by atoms with van der Waals surface area (Å²) in [5.74, 6) is 0.888. The van der Waals surface area contributed by atoms with Gasteiger partial charge in [-0.15, -0.1) is 0 Å². The summed E-state index contributed by atoms with van der Waals surface area (Å²) in [5, 5.41) is 4.48. The fourth-order valence-corrected chi connectivity index (χ4v) is 1.96. The van der Waals surface area contributed by atoms with Gasteiger partial charge in [0.15, 0.2) is 0 Å². The van der Waals surface area contributed by atoms with E-state index in [1.54, 1.807) is 0 Å². The Balaban J connectivity index is 1.76. The van der Waals surface area contributed by atoms with Crippen LogP contribution >= 0.6 is 0 Å². The van der Waals surface area contributed by atoms with Crippen molar-refractivity contribution in [3.8, 4) is 0 Å². The second kappa shape index (κ2) is 5.06. The lowest BCUT2D eigenvalue weighted by atomic mass is 10.2. The van der Waals surface area contributed by atoms with E-state index in [1.165, 1.54) is 0 Å². The average Bonchev–Trinajstić information content (AvgIpc) is 2.46. The van der Waals surface area contributed by atoms with Crippen molar-refractivity contribution in [1.82, 2.24) is 9.97 Å². The second-order valence-corrected chi connectivity index (χ2v) is 4.55. The van der Waals surface area contributed by atoms with Crippen LogP contribution < -0.4 is 5.32 Å². The van der Waals surface area contributed by atoms with E-state index in [1.807, 2.05) is 43.5 Å². The zero-order valence-electron chi connectivity index (χ0n) is 10.8. The monoisotopic (exact) mass is 249 g/mol. The Labute approximate surface area is 112 Å². The standard InChI is InChI=1S/C16H15N3/c1-12-6-7-13(10-17-12)11-18-16-9-8-14-4-2-3-5-15(14)19-16/h2-10H,11H2,1H3,(H,18,19). The Bertz CT molecular complexity index is 690. The summed E-state index contributed by atoms with van der Waals surface area (Å²) in [7, 11) is 0. The molecule has 0 unspecified atom stereocenters. The van der Waals surface area contributed by atoms with Gasteiger partial charge in [0.05, 0.1) is 5.52 Å². The first-order valence-corrected chi connectivity index (χ1v) is 6.32. The summed E-state index contributed by atoms with van der Waals surface area (Å²) < 4.78 is 0. The Morgan fingerprint density at radius 2 is 1.89 bits per heavy atom. The molecular weight excluding hydrogens is 234 g/mol. The van der Waals surface area contributed by atoms with Gasteiger partial charge in [-0.05, 0) is 36.8 Å². The number of rotatable bonds is 3. The van der Waals surface area contributed by atoms with Crippen molar-refractivity contribution in [3.63, 3.8) is 0 Å². The van der Waals surface area contributed by atoms with Crippen LogP contribution in [0.1, 0.15) is 11.3 Å². The van der Waals surface area contributed by atoms with Crippen molar-refractivity contribution in [2.75, 3.05) is 5.32 Å². The highest BCUT2D eigenvalue weighted by Gasteiger charge is 1.98. The molecule has 0 saturated heterocycles. The molecule has 0 fully saturated rings. The van der Waals surface area contributed by atoms with Gasteiger partial charge >= 0.3 is 0 Å². The summed E-state index contributed by atoms with van der Waals surface area (Å²) in [6, 6.07) is 16.3. The number of benzene rings is 1. The zero-order valence-corrected chi connectivity index (χ0v) is 10.8. The molecule has 2 aromatic heterocycles. The molecule has 1 N–H and O–H groups in total. The van der Waals surface area contributed by atoms with Crippen LogP contribution in [0.2, 0.25) is 0 Å². The van der Waals surface area contributed by atoms with Crippen molar-refractivity contribution < 1.29 is 0 Å². The van der Waals surface area contributed by atoms with Crippen LogP contribution in [0.3, 0.4) is 0 Å². The lowest BCUT2D eigenvalue weighted by molar-refractivity contribution is 1.07. The van der Waals surface area contributed by atoms with Crippen LogP contribution in [0, 0.1) is 6.92 Å². The van der Waals surface area contributed by atoms with Crippen LogP contribution in [-0.4, -0.2) is 9.97 Å². The van der Waals surface area contributed by atoms with Crippen LogP contribution in [0.5, 0.6) is 0 Å². The Hall–Kier alpha value is -2.42. The number of nitrogens with zero attached hydrogens (tertiary/aromatic N) is 2. The molecule has 2 heterocycles. The van der Waals surface area contributed by atoms with Gasteiger partial charge in [-0.1, -0.05) is 24.3 Å². The second-order valence-electron chi connectivity index (χ2n) is 4.55. The Morgan fingerprint density at radius 1 is 1.00 bits per heavy atom. The molecule has 0 saturated carbocycles. The molecule has 3 heteroatoms. The number of pyridine rings is 2. The van der Waals surface area contributed by atoms with Crippen molar-refractivity contribution in [1.29, 1.82) is 0 Å². The third-order valence-corrected chi connectivity index (χ3v) is 3.04. The van der Waals surface area contributed by atoms with E-state index in [0.717, 1.165) is 34.5 Å². The number of aryl methyl sites for hydroxylation is 1. The number of para-hydroxylation sites is 1. The van der Waals surface area contributed by atoms with E-state index in [9.17, 15) is 0 Å². The van der Waals surface area contributed by atoms with Gasteiger partial charge in [-0.3, -0.25) is 4.98 Å². The van der Waals surface area contributed by atoms with Crippen molar-refractivity contribution >= 4 is 16.7 Å². The van der Waals surface area contributed by atoms with Crippen LogP contribution in [0.15, 0.2) is 54.7 Å². The Kier molecular flexibility index (Phi) is 3.11. The van der Waals surface area contributed by atoms with Crippen LogP contribution in [0.4, 0.5) is 5.82 Å². The molecule has 0 atom stereocenters. The normalized spacial score (nSPS) is 10.6. The molecule has 0 radical (unpaired) electrons. The topological polar surface area (TPSA) is 37.8 Å². The van der Waals surface area contributed by atoms with E-state index in [4.69, 9.17) is 0 Å². The predicted octanol–water partition coefficient (Wildman–Crippen LogP) is 3.55. The number of hydrogen-bond donors (Lipinski definition) is 1. The van der Waals surface area contributed by atoms with Gasteiger partial charge in [-0.2, -0.15) is 0 Å². The molecule has 0 amide bonds. The van der Waals surface area contributed by atoms with Gasteiger partial charge in [0.25, 0.3) is 0 Å². The first-order valence-electron chi connectivity index (χ1n) is 6.32. The van der Waals surface area contributed by atoms with E-state index in [-0.39, 0.29) is 0 Å². The van der Waals surface area contributed by atoms with Crippen molar-refractivity contribution in [2.45, 2.75) is 13.5 Å². The number of nitrogens with one attached hydrogen (secondary N) is 1. The minimum absolute atomic E-state index is 0.735. The highest BCUT2D eigenvalue weighted by atomic mass is 15.0. The molecular formula is C16H15N3. The maximum Gasteiger partial charge on any atom is 0.126 e. The van der Waals surface area contributed by atoms with E-state index in [2.05, 4.69) is 33.5 Å². The predicted molar refractivity (Wildman–Crippen MR) is 78.0 cm³/mol. The lowest BCUT2D eigenvalue weighted by Gasteiger charge is -2.06. The van der Waals surface area contributed by atoms with Gasteiger partial charge in [-0.25, -0.2) is 4.98 Å². The molecule has 1 aromatic carbocycles. The number of hydrogen-bond acceptors (Lipinski definition) is 3. The van der Waals surface area contributed by atoms with E-state index < -0.39 is 0 Å². The molecule has 3 rings (SSSR count). The third kappa shape index (κ3) is 2.71. The lowest BCUT2D eigenvalue weighted by Crippen LogP contribution is -2.01. The molecule has 3 aromatic rings. The minimum Gasteiger partial charge on any atom is -0.366 e. The fraction of sp³-hybridized carbons (Fsp3) is 0.125. The number of anilines is 1. The summed E-state index contributed by atoms with van der Waals surface area (Å²) >= 11 is 0. The minimum atomic E-state index is 0.735. The van der Waals surface area contributed by atoms with Crippen molar-refractivity contribution in [2.24, 2.45) is 0 Å². The molecule has 0 aliphatic heterocycles. The van der Waals surface area contributed by atoms with Crippen LogP contribution in [-0.2, 0) is 6.54 Å². The quantitative estimate of drug-likeness (QED) is 0.771. The SMILES string of the molecule is Cc1ccc(CNc2ccc3ccccc3n2)cn1. The smallest absolute Gasteiger partial charge is 0.126 e. The molecule has 19 heavy (non-hydrogen) atoms. The molecule has 0 spiro atoms. The molecule has 94 valence electrons. The number of aromatic nitrogens is 2. The van der Waals surface area contributed by atoms with Gasteiger partial charge in [0, 0.05) is 23.8 Å². The Morgan fingerprint density at radius 3 is 2.74 bits per heavy atom. The summed E-state index contributed by atoms with van der Waals surface area (Å²) in [6.45, 7) is 2.72. The molecule has 0 aliphatic carbocycles. The summed E-state index contributed by atoms with van der Waals surface area (Å²) in [5.41, 5.74) is 3.20. The zero-order chi connectivity index (χ0) is 13.1. The largest absolute Gasteiger partial charge is 0.366 e. The van der Waals surface area contributed by atoms with E-state index in [0.29, 0.717) is 0 Å². The average molecular weight is 249 g/mol. The molecule has 0 bridgehead atoms. The fourth-order valence-electron chi connectivity index (χ4n) is 1.96. The highest BCUT2D eigenvalue weighted by molar-refractivity contribution is 5.80. The molecule has 3 nitrogen and oxygen atoms in total. The van der Waals surface area contributed by atoms with Gasteiger partial charge in [0.1, 0.15) is 5.82 Å². The maximum atomic E-state index is 4.58. The van der Waals surface area contributed by atoms with Gasteiger partial charge < -0.3 is 5.32 Å². The first-order chi connectivity index (χ1) is 9.31. The maximum absolute atomic E-state index is 4.58. The van der Waals surface area contributed by atoms with Crippen molar-refractivity contribution in [3.05, 3.63) is 66.0 Å². The third-order valence-electron chi connectivity index (χ3n) is 3.04. The summed E-state index contributed by atoms with van der Waals surface area (Å²) in [4.78, 5) is 8.86. The number of fused-ring (bicyclic) bond motifs is 1. The summed E-state index contributed by atoms with van der Waals surface area (Å²) in [6.07, 6.45) is 1.89. The molecule has 0 aliphatic rings. The van der Waals surface area contributed by atoms with Crippen LogP contribution in [0.25, 0.3) is 10.9 Å².